The Morgan fingerprint density at radius 1 is 0.429 bits per heavy atom. The number of aliphatic carboxylic acids is 1. The van der Waals surface area contributed by atoms with E-state index in [-0.39, 0.29) is 100 Å². The number of anilines is 4. The normalized spacial score (nSPS) is 12.2. The van der Waals surface area contributed by atoms with Gasteiger partial charge in [-0.05, 0) is 170 Å². The van der Waals surface area contributed by atoms with Crippen LogP contribution in [0.3, 0.4) is 0 Å². The molecule has 84 heavy (non-hydrogen) atoms. The van der Waals surface area contributed by atoms with Crippen molar-refractivity contribution < 1.29 is 67.2 Å². The molecule has 20 N–H and O–H groups in total. The van der Waals surface area contributed by atoms with Gasteiger partial charge in [-0.3, -0.25) is 38.4 Å². The zero-order chi connectivity index (χ0) is 61.7. The van der Waals surface area contributed by atoms with Crippen LogP contribution in [0.2, 0.25) is 0 Å². The molecule has 0 radical (unpaired) electrons. The lowest BCUT2D eigenvalue weighted by atomic mass is 10.1. The van der Waals surface area contributed by atoms with Crippen LogP contribution >= 0.6 is 0 Å². The molecule has 4 atom stereocenters. The minimum Gasteiger partial charge on any atom is -0.496 e. The standard InChI is InChI=1S/C57H79N13O14/c1-81-45-20-16-33(28-37(45)50(63)73)65-55(78)42(13-5-9-25-59)68-51(74)38-29-35(17-21-46(38)82-2)66-56(79)43(14-6-10-26-60)69-52(75)39-30-36(18-22-47(39)83-3)67-57(80)44(15-7-11-27-61)70-53(76)40-31-34(19-23-48(40)84-32-49(71)72)64-54(77)41(62)12-4-8-24-58/h16-23,28-31,41-44H,4-15,24-27,32,58-62H2,1-3H3,(H2,63,73)(H,64,77)(H,65,78)(H,66,79)(H,67,80)(H,68,74)(H,69,75)(H,70,76)(H,71,72)/t41-,42-,43-,44-/m0/s1. The topological polar surface area (TPSA) is 451 Å². The molecule has 0 spiro atoms. The molecule has 0 aliphatic carbocycles. The number of nitrogens with two attached hydrogens (primary N) is 6. The minimum atomic E-state index is -1.33. The number of primary amides is 1. The van der Waals surface area contributed by atoms with Crippen molar-refractivity contribution in [1.29, 1.82) is 0 Å². The van der Waals surface area contributed by atoms with Gasteiger partial charge in [0.2, 0.25) is 23.6 Å². The molecule has 0 aliphatic heterocycles. The number of carbonyl (C=O) groups excluding carboxylic acids is 8. The number of carboxylic acids is 1. The maximum absolute atomic E-state index is 14.3. The van der Waals surface area contributed by atoms with E-state index in [2.05, 4.69) is 37.2 Å². The number of rotatable bonds is 37. The number of unbranched alkanes of at least 4 members (excludes halogenated alkanes) is 4. The number of benzene rings is 4. The fourth-order valence-electron chi connectivity index (χ4n) is 8.51. The van der Waals surface area contributed by atoms with Crippen molar-refractivity contribution in [2.45, 2.75) is 101 Å². The smallest absolute Gasteiger partial charge is 0.341 e. The third-order valence-electron chi connectivity index (χ3n) is 13.0. The van der Waals surface area contributed by atoms with E-state index in [1.807, 2.05) is 0 Å². The highest BCUT2D eigenvalue weighted by Crippen LogP contribution is 2.28. The fraction of sp³-hybridized carbons (Fsp3) is 0.421. The highest BCUT2D eigenvalue weighted by atomic mass is 16.5. The lowest BCUT2D eigenvalue weighted by Crippen LogP contribution is -2.44. The lowest BCUT2D eigenvalue weighted by Gasteiger charge is -2.22. The van der Waals surface area contributed by atoms with Crippen LogP contribution in [0.1, 0.15) is 118 Å². The molecule has 0 unspecified atom stereocenters. The second-order valence-corrected chi connectivity index (χ2v) is 19.3. The summed E-state index contributed by atoms with van der Waals surface area (Å²) < 4.78 is 21.6. The van der Waals surface area contributed by atoms with Gasteiger partial charge < -0.3 is 95.7 Å². The number of amides is 8. The van der Waals surface area contributed by atoms with Crippen molar-refractivity contribution in [3.63, 3.8) is 0 Å². The Balaban J connectivity index is 1.57. The number of carbonyl (C=O) groups is 9. The summed E-state index contributed by atoms with van der Waals surface area (Å²) in [5.41, 5.74) is 34.7. The molecule has 0 bridgehead atoms. The summed E-state index contributed by atoms with van der Waals surface area (Å²) in [6.07, 6.45) is 4.75. The van der Waals surface area contributed by atoms with Crippen LogP contribution in [-0.2, 0) is 24.0 Å². The molecule has 8 amide bonds. The van der Waals surface area contributed by atoms with Gasteiger partial charge in [-0.1, -0.05) is 6.42 Å². The van der Waals surface area contributed by atoms with Crippen LogP contribution in [0, 0.1) is 0 Å². The molecule has 27 nitrogen and oxygen atoms in total. The zero-order valence-corrected chi connectivity index (χ0v) is 47.5. The molecule has 0 fully saturated rings. The summed E-state index contributed by atoms with van der Waals surface area (Å²) in [6.45, 7) is 0.521. The Bertz CT molecular complexity index is 2930. The van der Waals surface area contributed by atoms with Crippen molar-refractivity contribution in [2.24, 2.45) is 34.4 Å². The molecule has 0 heterocycles. The Hall–Kier alpha value is -8.89. The van der Waals surface area contributed by atoms with Crippen LogP contribution in [0.4, 0.5) is 22.7 Å². The summed E-state index contributed by atoms with van der Waals surface area (Å²) in [5.74, 6) is -6.83. The monoisotopic (exact) mass is 1170 g/mol. The maximum Gasteiger partial charge on any atom is 0.341 e. The Kier molecular flexibility index (Phi) is 28.3. The van der Waals surface area contributed by atoms with Gasteiger partial charge in [0.05, 0.1) is 49.6 Å². The fourth-order valence-corrected chi connectivity index (χ4v) is 8.51. The Morgan fingerprint density at radius 2 is 0.726 bits per heavy atom. The van der Waals surface area contributed by atoms with Crippen LogP contribution in [0.15, 0.2) is 72.8 Å². The summed E-state index contributed by atoms with van der Waals surface area (Å²) in [7, 11) is 4.02. The quantitative estimate of drug-likeness (QED) is 0.0288. The third-order valence-corrected chi connectivity index (χ3v) is 13.0. The van der Waals surface area contributed by atoms with E-state index >= 15 is 0 Å². The number of carboxylic acid groups (broad SMARTS) is 1. The van der Waals surface area contributed by atoms with Crippen molar-refractivity contribution in [3.05, 3.63) is 95.1 Å². The Labute approximate surface area is 486 Å². The van der Waals surface area contributed by atoms with Crippen molar-refractivity contribution in [1.82, 2.24) is 16.0 Å². The molecule has 0 saturated carbocycles. The first-order valence-electron chi connectivity index (χ1n) is 27.4. The van der Waals surface area contributed by atoms with Crippen LogP contribution in [0.5, 0.6) is 23.0 Å². The average molecular weight is 1170 g/mol. The number of hydrogen-bond donors (Lipinski definition) is 14. The molecule has 0 aliphatic rings. The largest absolute Gasteiger partial charge is 0.496 e. The zero-order valence-electron chi connectivity index (χ0n) is 47.5. The van der Waals surface area contributed by atoms with Crippen molar-refractivity contribution in [3.8, 4) is 23.0 Å². The summed E-state index contributed by atoms with van der Waals surface area (Å²) in [5, 5.41) is 28.4. The van der Waals surface area contributed by atoms with Crippen LogP contribution in [-0.4, -0.2) is 137 Å². The van der Waals surface area contributed by atoms with Gasteiger partial charge in [-0.2, -0.15) is 0 Å². The summed E-state index contributed by atoms with van der Waals surface area (Å²) >= 11 is 0. The van der Waals surface area contributed by atoms with E-state index in [1.54, 1.807) is 0 Å². The number of hydrogen-bond acceptors (Lipinski definition) is 18. The van der Waals surface area contributed by atoms with Crippen LogP contribution in [0.25, 0.3) is 0 Å². The predicted octanol–water partition coefficient (Wildman–Crippen LogP) is 2.27. The van der Waals surface area contributed by atoms with E-state index in [4.69, 9.17) is 53.3 Å². The number of ether oxygens (including phenoxy) is 4. The first-order valence-corrected chi connectivity index (χ1v) is 27.4. The average Bonchev–Trinajstić information content (AvgIpc) is 3.68. The molecule has 0 saturated heterocycles. The van der Waals surface area contributed by atoms with E-state index in [9.17, 15) is 48.3 Å². The second kappa shape index (κ2) is 35.2. The molecular weight excluding hydrogens is 1090 g/mol. The molecule has 4 aromatic rings. The molecule has 4 aromatic carbocycles. The van der Waals surface area contributed by atoms with Gasteiger partial charge in [0.1, 0.15) is 41.1 Å². The van der Waals surface area contributed by atoms with Crippen molar-refractivity contribution in [2.75, 3.05) is 75.4 Å². The molecule has 456 valence electrons. The minimum absolute atomic E-state index is 0.0244. The van der Waals surface area contributed by atoms with Gasteiger partial charge in [-0.15, -0.1) is 0 Å². The van der Waals surface area contributed by atoms with Gasteiger partial charge in [0.25, 0.3) is 23.6 Å². The summed E-state index contributed by atoms with van der Waals surface area (Å²) in [4.78, 5) is 121. The molecular formula is C57H79N13O14. The Morgan fingerprint density at radius 3 is 1.05 bits per heavy atom. The maximum atomic E-state index is 14.3. The lowest BCUT2D eigenvalue weighted by molar-refractivity contribution is -0.139. The molecule has 4 rings (SSSR count). The number of nitrogens with one attached hydrogen (secondary N) is 7. The number of methoxy groups -OCH3 is 3. The van der Waals surface area contributed by atoms with Gasteiger partial charge in [-0.25, -0.2) is 4.79 Å². The SMILES string of the molecule is COc1ccc(NC(=O)[C@H](CCCCN)NC(=O)c2cc(NC(=O)[C@H](CCCCN)NC(=O)c3cc(NC(=O)[C@H](CCCCN)NC(=O)c4cc(NC(=O)[C@@H](N)CCCCN)ccc4OCC(=O)O)ccc3OC)ccc2OC)cc1C(N)=O. The van der Waals surface area contributed by atoms with E-state index < -0.39 is 84.0 Å². The van der Waals surface area contributed by atoms with Crippen LogP contribution < -0.4 is 90.6 Å². The molecule has 0 aromatic heterocycles. The van der Waals surface area contributed by atoms with E-state index in [0.717, 1.165) is 0 Å². The second-order valence-electron chi connectivity index (χ2n) is 19.3. The van der Waals surface area contributed by atoms with E-state index in [1.165, 1.54) is 94.1 Å². The third kappa shape index (κ3) is 21.1. The highest BCUT2D eigenvalue weighted by Gasteiger charge is 2.29. The van der Waals surface area contributed by atoms with Gasteiger partial charge in [0.15, 0.2) is 6.61 Å². The van der Waals surface area contributed by atoms with Crippen molar-refractivity contribution >= 4 is 76.0 Å². The van der Waals surface area contributed by atoms with Gasteiger partial charge >= 0.3 is 5.97 Å². The van der Waals surface area contributed by atoms with Gasteiger partial charge in [0, 0.05) is 22.7 Å². The highest BCUT2D eigenvalue weighted by molar-refractivity contribution is 6.07. The first-order chi connectivity index (χ1) is 40.3. The molecule has 27 heteroatoms. The first kappa shape index (κ1) is 67.6. The predicted molar refractivity (Wildman–Crippen MR) is 315 cm³/mol. The summed E-state index contributed by atoms with van der Waals surface area (Å²) in [6, 6.07) is 12.3. The van der Waals surface area contributed by atoms with E-state index in [0.29, 0.717) is 70.9 Å².